The highest BCUT2D eigenvalue weighted by Crippen LogP contribution is 2.39. The van der Waals surface area contributed by atoms with Gasteiger partial charge in [-0.25, -0.2) is 0 Å². The number of carbonyl (C=O) groups is 1. The number of nitrogen functional groups attached to an aromatic ring is 1. The molecule has 1 atom stereocenters. The van der Waals surface area contributed by atoms with Crippen molar-refractivity contribution < 1.29 is 9.90 Å². The van der Waals surface area contributed by atoms with Gasteiger partial charge in [0, 0.05) is 22.3 Å². The molecule has 0 saturated carbocycles. The molecule has 1 aliphatic carbocycles. The predicted octanol–water partition coefficient (Wildman–Crippen LogP) is 1.86. The number of H-pyrrole nitrogens is 1. The number of benzene rings is 1. The van der Waals surface area contributed by atoms with Gasteiger partial charge in [-0.2, -0.15) is 0 Å². The molecule has 3 rings (SSSR count). The molecule has 2 aromatic rings. The summed E-state index contributed by atoms with van der Waals surface area (Å²) < 4.78 is 0. The van der Waals surface area contributed by atoms with E-state index in [4.69, 9.17) is 10.8 Å². The van der Waals surface area contributed by atoms with Gasteiger partial charge >= 0.3 is 5.97 Å². The van der Waals surface area contributed by atoms with Crippen LogP contribution in [0.2, 0.25) is 0 Å². The SMILES string of the molecule is Nc1ccc2[nH]c3c(c2c1)[C@H](C(=O)O)CC3. The van der Waals surface area contributed by atoms with Gasteiger partial charge in [0.25, 0.3) is 0 Å². The van der Waals surface area contributed by atoms with Crippen molar-refractivity contribution in [2.75, 3.05) is 5.73 Å². The van der Waals surface area contributed by atoms with E-state index < -0.39 is 5.97 Å². The minimum Gasteiger partial charge on any atom is -0.481 e. The summed E-state index contributed by atoms with van der Waals surface area (Å²) in [4.78, 5) is 14.4. The molecule has 16 heavy (non-hydrogen) atoms. The Kier molecular flexibility index (Phi) is 1.74. The zero-order valence-electron chi connectivity index (χ0n) is 8.66. The Bertz CT molecular complexity index is 586. The largest absolute Gasteiger partial charge is 0.481 e. The maximum atomic E-state index is 11.1. The molecule has 0 unspecified atom stereocenters. The number of carboxylic acids is 1. The second kappa shape index (κ2) is 3.01. The van der Waals surface area contributed by atoms with Crippen molar-refractivity contribution in [2.24, 2.45) is 0 Å². The second-order valence-corrected chi connectivity index (χ2v) is 4.25. The third-order valence-corrected chi connectivity index (χ3v) is 3.27. The zero-order chi connectivity index (χ0) is 11.3. The van der Waals surface area contributed by atoms with E-state index >= 15 is 0 Å². The van der Waals surface area contributed by atoms with Gasteiger partial charge in [0.2, 0.25) is 0 Å². The standard InChI is InChI=1S/C12H12N2O2/c13-6-1-3-9-8(5-6)11-7(12(15)16)2-4-10(11)14-9/h1,3,5,7,14H,2,4,13H2,(H,15,16)/t7-/m1/s1. The smallest absolute Gasteiger partial charge is 0.311 e. The number of aryl methyl sites for hydroxylation is 1. The molecule has 4 N–H and O–H groups in total. The first kappa shape index (κ1) is 9.27. The topological polar surface area (TPSA) is 79.1 Å². The molecule has 82 valence electrons. The Labute approximate surface area is 92.1 Å². The highest BCUT2D eigenvalue weighted by atomic mass is 16.4. The summed E-state index contributed by atoms with van der Waals surface area (Å²) in [5, 5.41) is 10.1. The number of fused-ring (bicyclic) bond motifs is 3. The number of aliphatic carboxylic acids is 1. The van der Waals surface area contributed by atoms with Gasteiger partial charge in [-0.05, 0) is 36.6 Å². The number of rotatable bonds is 1. The van der Waals surface area contributed by atoms with Crippen LogP contribution in [0.15, 0.2) is 18.2 Å². The third kappa shape index (κ3) is 1.13. The van der Waals surface area contributed by atoms with E-state index in [0.717, 1.165) is 28.6 Å². The van der Waals surface area contributed by atoms with Crippen LogP contribution in [0.4, 0.5) is 5.69 Å². The molecule has 0 amide bonds. The lowest BCUT2D eigenvalue weighted by Gasteiger charge is -2.04. The molecule has 0 bridgehead atoms. The highest BCUT2D eigenvalue weighted by Gasteiger charge is 2.31. The lowest BCUT2D eigenvalue weighted by atomic mass is 10.0. The van der Waals surface area contributed by atoms with Crippen LogP contribution in [0.1, 0.15) is 23.6 Å². The van der Waals surface area contributed by atoms with Gasteiger partial charge in [-0.15, -0.1) is 0 Å². The number of carboxylic acid groups (broad SMARTS) is 1. The van der Waals surface area contributed by atoms with Crippen molar-refractivity contribution >= 4 is 22.6 Å². The van der Waals surface area contributed by atoms with Crippen molar-refractivity contribution in [3.05, 3.63) is 29.5 Å². The van der Waals surface area contributed by atoms with Gasteiger partial charge in [0.05, 0.1) is 5.92 Å². The van der Waals surface area contributed by atoms with Crippen LogP contribution < -0.4 is 5.73 Å². The normalized spacial score (nSPS) is 18.9. The maximum absolute atomic E-state index is 11.1. The fraction of sp³-hybridized carbons (Fsp3) is 0.250. The van der Waals surface area contributed by atoms with Crippen molar-refractivity contribution in [3.63, 3.8) is 0 Å². The molecule has 1 aromatic carbocycles. The van der Waals surface area contributed by atoms with Gasteiger partial charge in [-0.1, -0.05) is 0 Å². The van der Waals surface area contributed by atoms with Crippen molar-refractivity contribution in [1.29, 1.82) is 0 Å². The Morgan fingerprint density at radius 1 is 1.50 bits per heavy atom. The summed E-state index contributed by atoms with van der Waals surface area (Å²) in [7, 11) is 0. The van der Waals surface area contributed by atoms with Crippen LogP contribution in [0, 0.1) is 0 Å². The van der Waals surface area contributed by atoms with E-state index in [9.17, 15) is 4.79 Å². The molecule has 0 spiro atoms. The van der Waals surface area contributed by atoms with Crippen LogP contribution in [0.3, 0.4) is 0 Å². The first-order chi connectivity index (χ1) is 7.66. The number of aromatic amines is 1. The quantitative estimate of drug-likeness (QED) is 0.636. The van der Waals surface area contributed by atoms with E-state index in [-0.39, 0.29) is 5.92 Å². The first-order valence-electron chi connectivity index (χ1n) is 5.29. The summed E-state index contributed by atoms with van der Waals surface area (Å²) in [6, 6.07) is 5.58. The van der Waals surface area contributed by atoms with Crippen molar-refractivity contribution in [3.8, 4) is 0 Å². The maximum Gasteiger partial charge on any atom is 0.311 e. The number of hydrogen-bond donors (Lipinski definition) is 3. The summed E-state index contributed by atoms with van der Waals surface area (Å²) >= 11 is 0. The molecule has 0 fully saturated rings. The van der Waals surface area contributed by atoms with E-state index in [2.05, 4.69) is 4.98 Å². The second-order valence-electron chi connectivity index (χ2n) is 4.25. The fourth-order valence-electron chi connectivity index (χ4n) is 2.56. The van der Waals surface area contributed by atoms with Crippen LogP contribution in [0.25, 0.3) is 10.9 Å². The molecule has 1 aromatic heterocycles. The molecule has 4 heteroatoms. The van der Waals surface area contributed by atoms with Crippen LogP contribution in [0.5, 0.6) is 0 Å². The van der Waals surface area contributed by atoms with E-state index in [1.165, 1.54) is 0 Å². The molecule has 0 aliphatic heterocycles. The Balaban J connectivity index is 2.29. The molecule has 4 nitrogen and oxygen atoms in total. The lowest BCUT2D eigenvalue weighted by molar-refractivity contribution is -0.138. The van der Waals surface area contributed by atoms with E-state index in [1.54, 1.807) is 0 Å². The van der Waals surface area contributed by atoms with Gasteiger partial charge < -0.3 is 15.8 Å². The third-order valence-electron chi connectivity index (χ3n) is 3.27. The molecule has 0 radical (unpaired) electrons. The van der Waals surface area contributed by atoms with Crippen LogP contribution >= 0.6 is 0 Å². The summed E-state index contributed by atoms with van der Waals surface area (Å²) in [5.74, 6) is -1.13. The molecule has 1 heterocycles. The average molecular weight is 216 g/mol. The Morgan fingerprint density at radius 2 is 2.31 bits per heavy atom. The average Bonchev–Trinajstić information content (AvgIpc) is 2.76. The summed E-state index contributed by atoms with van der Waals surface area (Å²) in [6.07, 6.45) is 1.49. The summed E-state index contributed by atoms with van der Waals surface area (Å²) in [6.45, 7) is 0. The van der Waals surface area contributed by atoms with Gasteiger partial charge in [-0.3, -0.25) is 4.79 Å². The van der Waals surface area contributed by atoms with Gasteiger partial charge in [0.15, 0.2) is 0 Å². The van der Waals surface area contributed by atoms with Gasteiger partial charge in [0.1, 0.15) is 0 Å². The summed E-state index contributed by atoms with van der Waals surface area (Å²) in [5.41, 5.74) is 9.36. The minimum absolute atomic E-state index is 0.384. The number of anilines is 1. The molecule has 0 saturated heterocycles. The minimum atomic E-state index is -0.748. The monoisotopic (exact) mass is 216 g/mol. The zero-order valence-corrected chi connectivity index (χ0v) is 8.66. The lowest BCUT2D eigenvalue weighted by Crippen LogP contribution is -2.07. The number of hydrogen-bond acceptors (Lipinski definition) is 2. The van der Waals surface area contributed by atoms with Crippen LogP contribution in [-0.4, -0.2) is 16.1 Å². The number of nitrogens with two attached hydrogens (primary N) is 1. The molecular weight excluding hydrogens is 204 g/mol. The number of nitrogens with one attached hydrogen (secondary N) is 1. The number of aromatic nitrogens is 1. The Morgan fingerprint density at radius 3 is 3.06 bits per heavy atom. The first-order valence-corrected chi connectivity index (χ1v) is 5.29. The highest BCUT2D eigenvalue weighted by molar-refractivity contribution is 5.93. The molecule has 1 aliphatic rings. The van der Waals surface area contributed by atoms with Crippen molar-refractivity contribution in [2.45, 2.75) is 18.8 Å². The molecular formula is C12H12N2O2. The predicted molar refractivity (Wildman–Crippen MR) is 61.4 cm³/mol. The van der Waals surface area contributed by atoms with E-state index in [0.29, 0.717) is 12.1 Å². The Hall–Kier alpha value is -1.97. The van der Waals surface area contributed by atoms with Crippen LogP contribution in [-0.2, 0) is 11.2 Å². The van der Waals surface area contributed by atoms with E-state index in [1.807, 2.05) is 18.2 Å². The van der Waals surface area contributed by atoms with Crippen molar-refractivity contribution in [1.82, 2.24) is 4.98 Å². The fourth-order valence-corrected chi connectivity index (χ4v) is 2.56.